The zero-order valence-electron chi connectivity index (χ0n) is 13.8. The van der Waals surface area contributed by atoms with Crippen molar-refractivity contribution in [1.29, 1.82) is 0 Å². The van der Waals surface area contributed by atoms with Gasteiger partial charge in [-0.25, -0.2) is 0 Å². The SMILES string of the molecule is CCc1nc(C)c(N=NC)cc1-c1ccc(-n2cnnc2)cc1O. The summed E-state index contributed by atoms with van der Waals surface area (Å²) >= 11 is 0. The number of aryl methyl sites for hydroxylation is 2. The first kappa shape index (κ1) is 15.8. The van der Waals surface area contributed by atoms with E-state index in [1.807, 2.05) is 32.0 Å². The molecule has 0 saturated heterocycles. The normalized spacial score (nSPS) is 11.3. The lowest BCUT2D eigenvalue weighted by atomic mass is 10.00. The van der Waals surface area contributed by atoms with Crippen molar-refractivity contribution in [3.63, 3.8) is 0 Å². The van der Waals surface area contributed by atoms with Crippen molar-refractivity contribution < 1.29 is 5.11 Å². The highest BCUT2D eigenvalue weighted by molar-refractivity contribution is 5.76. The van der Waals surface area contributed by atoms with Gasteiger partial charge in [0.2, 0.25) is 0 Å². The molecule has 0 aliphatic rings. The van der Waals surface area contributed by atoms with Gasteiger partial charge < -0.3 is 5.11 Å². The number of pyridine rings is 1. The highest BCUT2D eigenvalue weighted by Crippen LogP contribution is 2.36. The molecule has 0 unspecified atom stereocenters. The molecule has 2 heterocycles. The highest BCUT2D eigenvalue weighted by atomic mass is 16.3. The van der Waals surface area contributed by atoms with E-state index in [1.165, 1.54) is 0 Å². The Hall–Kier alpha value is -3.09. The number of aromatic hydroxyl groups is 1. The van der Waals surface area contributed by atoms with Crippen LogP contribution in [0, 0.1) is 6.92 Å². The molecule has 122 valence electrons. The molecule has 2 aromatic heterocycles. The minimum absolute atomic E-state index is 0.168. The number of phenolic OH excluding ortho intramolecular Hbond substituents is 1. The summed E-state index contributed by atoms with van der Waals surface area (Å²) in [6, 6.07) is 7.36. The predicted molar refractivity (Wildman–Crippen MR) is 90.8 cm³/mol. The molecule has 0 atom stereocenters. The van der Waals surface area contributed by atoms with Gasteiger partial charge in [0.25, 0.3) is 0 Å². The van der Waals surface area contributed by atoms with Gasteiger partial charge in [-0.05, 0) is 31.5 Å². The summed E-state index contributed by atoms with van der Waals surface area (Å²) in [6.07, 6.45) is 3.92. The van der Waals surface area contributed by atoms with Crippen LogP contribution in [0.5, 0.6) is 5.75 Å². The maximum Gasteiger partial charge on any atom is 0.125 e. The molecule has 0 aliphatic carbocycles. The van der Waals surface area contributed by atoms with Crippen LogP contribution in [-0.2, 0) is 6.42 Å². The van der Waals surface area contributed by atoms with Crippen LogP contribution in [-0.4, -0.2) is 31.9 Å². The van der Waals surface area contributed by atoms with Gasteiger partial charge in [0.15, 0.2) is 0 Å². The molecule has 0 aliphatic heterocycles. The Balaban J connectivity index is 2.13. The number of hydrogen-bond acceptors (Lipinski definition) is 6. The fourth-order valence-electron chi connectivity index (χ4n) is 2.60. The van der Waals surface area contributed by atoms with E-state index in [4.69, 9.17) is 0 Å². The summed E-state index contributed by atoms with van der Waals surface area (Å²) in [7, 11) is 1.62. The van der Waals surface area contributed by atoms with Crippen LogP contribution in [0.2, 0.25) is 0 Å². The summed E-state index contributed by atoms with van der Waals surface area (Å²) in [5.41, 5.74) is 4.79. The van der Waals surface area contributed by atoms with Gasteiger partial charge in [0.1, 0.15) is 24.1 Å². The topological polar surface area (TPSA) is 88.5 Å². The summed E-state index contributed by atoms with van der Waals surface area (Å²) in [6.45, 7) is 3.94. The first-order valence-electron chi connectivity index (χ1n) is 7.62. The molecule has 0 amide bonds. The monoisotopic (exact) mass is 322 g/mol. The second kappa shape index (κ2) is 6.57. The van der Waals surface area contributed by atoms with E-state index in [0.717, 1.165) is 29.1 Å². The van der Waals surface area contributed by atoms with Crippen LogP contribution < -0.4 is 0 Å². The second-order valence-corrected chi connectivity index (χ2v) is 5.31. The molecule has 3 aromatic rings. The Morgan fingerprint density at radius 1 is 1.12 bits per heavy atom. The number of benzene rings is 1. The molecule has 0 bridgehead atoms. The molecule has 7 nitrogen and oxygen atoms in total. The molecule has 1 N–H and O–H groups in total. The van der Waals surface area contributed by atoms with E-state index in [9.17, 15) is 5.11 Å². The van der Waals surface area contributed by atoms with Crippen molar-refractivity contribution in [2.24, 2.45) is 10.2 Å². The fourth-order valence-corrected chi connectivity index (χ4v) is 2.60. The molecular weight excluding hydrogens is 304 g/mol. The van der Waals surface area contributed by atoms with Crippen LogP contribution in [0.4, 0.5) is 5.69 Å². The fraction of sp³-hybridized carbons (Fsp3) is 0.235. The molecule has 0 saturated carbocycles. The molecule has 1 aromatic carbocycles. The van der Waals surface area contributed by atoms with E-state index in [1.54, 1.807) is 30.3 Å². The van der Waals surface area contributed by atoms with Crippen LogP contribution in [0.3, 0.4) is 0 Å². The Bertz CT molecular complexity index is 886. The third-order valence-electron chi connectivity index (χ3n) is 3.80. The Morgan fingerprint density at radius 2 is 1.88 bits per heavy atom. The minimum Gasteiger partial charge on any atom is -0.507 e. The van der Waals surface area contributed by atoms with Crippen LogP contribution in [0.15, 0.2) is 47.1 Å². The number of azo groups is 1. The lowest BCUT2D eigenvalue weighted by Crippen LogP contribution is -1.97. The highest BCUT2D eigenvalue weighted by Gasteiger charge is 2.14. The minimum atomic E-state index is 0.168. The van der Waals surface area contributed by atoms with E-state index in [0.29, 0.717) is 11.3 Å². The van der Waals surface area contributed by atoms with Crippen molar-refractivity contribution in [2.45, 2.75) is 20.3 Å². The average molecular weight is 322 g/mol. The summed E-state index contributed by atoms with van der Waals surface area (Å²) < 4.78 is 1.73. The number of aromatic nitrogens is 4. The first-order chi connectivity index (χ1) is 11.6. The smallest absolute Gasteiger partial charge is 0.125 e. The van der Waals surface area contributed by atoms with Crippen molar-refractivity contribution in [3.05, 3.63) is 48.3 Å². The third-order valence-corrected chi connectivity index (χ3v) is 3.80. The zero-order valence-corrected chi connectivity index (χ0v) is 13.8. The lowest BCUT2D eigenvalue weighted by molar-refractivity contribution is 0.477. The van der Waals surface area contributed by atoms with E-state index >= 15 is 0 Å². The number of hydrogen-bond donors (Lipinski definition) is 1. The van der Waals surface area contributed by atoms with Gasteiger partial charge in [0, 0.05) is 29.9 Å². The van der Waals surface area contributed by atoms with E-state index < -0.39 is 0 Å². The molecule has 0 spiro atoms. The largest absolute Gasteiger partial charge is 0.507 e. The van der Waals surface area contributed by atoms with Crippen molar-refractivity contribution >= 4 is 5.69 Å². The molecule has 0 radical (unpaired) electrons. The summed E-state index contributed by atoms with van der Waals surface area (Å²) in [4.78, 5) is 4.61. The average Bonchev–Trinajstić information content (AvgIpc) is 3.11. The van der Waals surface area contributed by atoms with Crippen molar-refractivity contribution in [1.82, 2.24) is 19.7 Å². The lowest BCUT2D eigenvalue weighted by Gasteiger charge is -2.13. The summed E-state index contributed by atoms with van der Waals surface area (Å²) in [5, 5.41) is 26.0. The molecule has 24 heavy (non-hydrogen) atoms. The van der Waals surface area contributed by atoms with E-state index in [-0.39, 0.29) is 5.75 Å². The molecule has 7 heteroatoms. The Kier molecular flexibility index (Phi) is 4.33. The van der Waals surface area contributed by atoms with Crippen molar-refractivity contribution in [2.75, 3.05) is 7.05 Å². The predicted octanol–water partition coefficient (Wildman–Crippen LogP) is 3.62. The second-order valence-electron chi connectivity index (χ2n) is 5.31. The molecule has 3 rings (SSSR count). The zero-order chi connectivity index (χ0) is 17.1. The first-order valence-corrected chi connectivity index (χ1v) is 7.62. The van der Waals surface area contributed by atoms with Crippen LogP contribution >= 0.6 is 0 Å². The Morgan fingerprint density at radius 3 is 2.50 bits per heavy atom. The van der Waals surface area contributed by atoms with Gasteiger partial charge in [-0.15, -0.1) is 10.2 Å². The van der Waals surface area contributed by atoms with Gasteiger partial charge in [-0.2, -0.15) is 10.2 Å². The molecular formula is C17H18N6O. The maximum atomic E-state index is 10.5. The maximum absolute atomic E-state index is 10.5. The van der Waals surface area contributed by atoms with E-state index in [2.05, 4.69) is 25.4 Å². The third kappa shape index (κ3) is 2.88. The number of rotatable bonds is 4. The Labute approximate surface area is 139 Å². The molecule has 0 fully saturated rings. The van der Waals surface area contributed by atoms with Crippen LogP contribution in [0.25, 0.3) is 16.8 Å². The quantitative estimate of drug-likeness (QED) is 0.743. The van der Waals surface area contributed by atoms with Gasteiger partial charge >= 0.3 is 0 Å². The van der Waals surface area contributed by atoms with Gasteiger partial charge in [-0.3, -0.25) is 9.55 Å². The van der Waals surface area contributed by atoms with Crippen LogP contribution in [0.1, 0.15) is 18.3 Å². The number of nitrogens with zero attached hydrogens (tertiary/aromatic N) is 6. The number of phenols is 1. The summed E-state index contributed by atoms with van der Waals surface area (Å²) in [5.74, 6) is 0.168. The van der Waals surface area contributed by atoms with Gasteiger partial charge in [0.05, 0.1) is 11.4 Å². The van der Waals surface area contributed by atoms with Crippen molar-refractivity contribution in [3.8, 4) is 22.6 Å². The van der Waals surface area contributed by atoms with Gasteiger partial charge in [-0.1, -0.05) is 6.92 Å². The standard InChI is InChI=1S/C17H18N6O/c1-4-15-14(8-16(22-18-3)11(2)21-15)13-6-5-12(7-17(13)24)23-9-19-20-10-23/h5-10,24H,4H2,1-3H3.